The predicted molar refractivity (Wildman–Crippen MR) is 179 cm³/mol. The summed E-state index contributed by atoms with van der Waals surface area (Å²) in [6.07, 6.45) is 5.64. The van der Waals surface area contributed by atoms with Crippen LogP contribution in [0.3, 0.4) is 0 Å². The molecule has 244 valence electrons. The van der Waals surface area contributed by atoms with Crippen LogP contribution < -0.4 is 24.8 Å². The van der Waals surface area contributed by atoms with Crippen molar-refractivity contribution in [3.8, 4) is 23.0 Å². The van der Waals surface area contributed by atoms with Gasteiger partial charge in [0.05, 0.1) is 24.3 Å². The third-order valence-corrected chi connectivity index (χ3v) is 7.96. The van der Waals surface area contributed by atoms with Crippen molar-refractivity contribution in [2.24, 2.45) is 5.41 Å². The number of rotatable bonds is 15. The molecule has 2 amide bonds. The summed E-state index contributed by atoms with van der Waals surface area (Å²) in [7, 11) is 1.54. The van der Waals surface area contributed by atoms with Crippen molar-refractivity contribution >= 4 is 89.4 Å². The number of fused-ring (bicyclic) bond motifs is 1. The Morgan fingerprint density at radius 2 is 1.57 bits per heavy atom. The quantitative estimate of drug-likeness (QED) is 0.0665. The van der Waals surface area contributed by atoms with E-state index in [1.54, 1.807) is 49.7 Å². The molecule has 3 N–H and O–H groups in total. The zero-order valence-corrected chi connectivity index (χ0v) is 28.8. The fraction of sp³-hybridized carbons (Fsp3) is 0.294. The zero-order chi connectivity index (χ0) is 32.7. The van der Waals surface area contributed by atoms with E-state index in [1.807, 2.05) is 0 Å². The van der Waals surface area contributed by atoms with Crippen molar-refractivity contribution in [1.29, 1.82) is 0 Å². The van der Waals surface area contributed by atoms with Crippen molar-refractivity contribution < 1.29 is 40.9 Å². The van der Waals surface area contributed by atoms with Crippen LogP contribution in [-0.2, 0) is 14.4 Å². The van der Waals surface area contributed by atoms with Crippen molar-refractivity contribution in [2.75, 3.05) is 24.4 Å². The third-order valence-electron chi connectivity index (χ3n) is 7.66. The van der Waals surface area contributed by atoms with Crippen LogP contribution in [0.15, 0.2) is 66.9 Å². The summed E-state index contributed by atoms with van der Waals surface area (Å²) in [6, 6.07) is 15.4. The van der Waals surface area contributed by atoms with Crippen LogP contribution in [0.25, 0.3) is 10.9 Å². The molecule has 1 heterocycles. The Bertz CT molecular complexity index is 1760. The number of carbonyl (C=O) groups excluding carboxylic acids is 2. The number of pyridine rings is 1. The Balaban J connectivity index is 0.00000278. The van der Waals surface area contributed by atoms with E-state index >= 15 is 0 Å². The van der Waals surface area contributed by atoms with Crippen LogP contribution in [0, 0.1) is 11.2 Å². The van der Waals surface area contributed by atoms with Crippen molar-refractivity contribution in [3.63, 3.8) is 0 Å². The predicted octanol–water partition coefficient (Wildman–Crippen LogP) is 7.44. The van der Waals surface area contributed by atoms with E-state index in [9.17, 15) is 18.8 Å². The molecule has 47 heavy (non-hydrogen) atoms. The molecule has 0 saturated heterocycles. The second-order valence-electron chi connectivity index (χ2n) is 11.0. The first kappa shape index (κ1) is 36.2. The largest absolute Gasteiger partial charge is 2.00 e. The average Bonchev–Trinajstić information content (AvgIpc) is 3.85. The number of halogens is 2. The van der Waals surface area contributed by atoms with Crippen LogP contribution in [0.5, 0.6) is 23.0 Å². The number of aliphatic carboxylic acids is 1. The van der Waals surface area contributed by atoms with Crippen LogP contribution in [0.2, 0.25) is 5.02 Å². The monoisotopic (exact) mass is 691 g/mol. The molecule has 1 aromatic heterocycles. The molecule has 5 rings (SSSR count). The van der Waals surface area contributed by atoms with Crippen LogP contribution >= 0.6 is 11.6 Å². The van der Waals surface area contributed by atoms with E-state index in [1.165, 1.54) is 24.3 Å². The number of nitrogens with zero attached hydrogens (tertiary/aromatic N) is 1. The number of nitrogens with one attached hydrogen (secondary N) is 2. The van der Waals surface area contributed by atoms with E-state index in [0.29, 0.717) is 71.1 Å². The number of amides is 2. The minimum atomic E-state index is -1.21. The molecule has 0 unspecified atom stereocenters. The standard InChI is InChI=1S/C34H33ClFN3O7.Ca.2H/c1-44-29-19-24-26(20-30(29)45-17-5-3-2-4-6-31(40)41)37-16-13-27(24)46-28-12-11-23(18-25(28)35)39-33(43)34(14-15-34)32(42)38-22-9-7-21(36)8-10-22;;;/h7-13,16,18-20H,2-6,14-15,17H2,1H3,(H,38,42)(H,39,43)(H,40,41);;;/q;+2;2*-1. The van der Waals surface area contributed by atoms with Gasteiger partial charge in [-0.05, 0) is 80.3 Å². The minimum absolute atomic E-state index is 0. The van der Waals surface area contributed by atoms with E-state index in [-0.39, 0.29) is 52.0 Å². The maximum atomic E-state index is 13.2. The molecule has 0 bridgehead atoms. The maximum Gasteiger partial charge on any atom is 2.00 e. The van der Waals surface area contributed by atoms with Gasteiger partial charge in [0.15, 0.2) is 11.5 Å². The average molecular weight is 692 g/mol. The first-order valence-corrected chi connectivity index (χ1v) is 15.2. The first-order chi connectivity index (χ1) is 22.2. The van der Waals surface area contributed by atoms with E-state index < -0.39 is 29.0 Å². The van der Waals surface area contributed by atoms with E-state index in [4.69, 9.17) is 30.9 Å². The molecule has 0 aliphatic heterocycles. The molecule has 13 heteroatoms. The zero-order valence-electron chi connectivity index (χ0n) is 27.8. The number of methoxy groups -OCH3 is 1. The number of carbonyl (C=O) groups is 3. The summed E-state index contributed by atoms with van der Waals surface area (Å²) in [6.45, 7) is 0.448. The fourth-order valence-electron chi connectivity index (χ4n) is 4.90. The summed E-state index contributed by atoms with van der Waals surface area (Å²) < 4.78 is 30.9. The van der Waals surface area contributed by atoms with Gasteiger partial charge in [-0.1, -0.05) is 24.4 Å². The van der Waals surface area contributed by atoms with Crippen molar-refractivity contribution in [3.05, 3.63) is 77.7 Å². The van der Waals surface area contributed by atoms with Crippen LogP contribution in [0.4, 0.5) is 15.8 Å². The van der Waals surface area contributed by atoms with Gasteiger partial charge in [-0.3, -0.25) is 19.4 Å². The topological polar surface area (TPSA) is 136 Å². The van der Waals surface area contributed by atoms with Gasteiger partial charge in [0.2, 0.25) is 11.8 Å². The van der Waals surface area contributed by atoms with E-state index in [2.05, 4.69) is 15.6 Å². The summed E-state index contributed by atoms with van der Waals surface area (Å²) >= 11 is 6.55. The Morgan fingerprint density at radius 3 is 2.23 bits per heavy atom. The molecular formula is C34H35CaClFN3O7. The number of hydrogen-bond acceptors (Lipinski definition) is 7. The Labute approximate surface area is 308 Å². The number of benzene rings is 3. The maximum absolute atomic E-state index is 13.2. The summed E-state index contributed by atoms with van der Waals surface area (Å²) in [5.41, 5.74) is 0.202. The van der Waals surface area contributed by atoms with Crippen LogP contribution in [-0.4, -0.2) is 79.3 Å². The van der Waals surface area contributed by atoms with Gasteiger partial charge in [-0.25, -0.2) is 4.39 Å². The molecular weight excluding hydrogens is 657 g/mol. The van der Waals surface area contributed by atoms with Gasteiger partial charge in [0, 0.05) is 35.4 Å². The van der Waals surface area contributed by atoms with Crippen LogP contribution in [0.1, 0.15) is 47.8 Å². The van der Waals surface area contributed by atoms with Gasteiger partial charge < -0.3 is 32.8 Å². The smallest absolute Gasteiger partial charge is 1.00 e. The summed E-state index contributed by atoms with van der Waals surface area (Å²) in [5.74, 6) is -0.282. The van der Waals surface area contributed by atoms with Crippen molar-refractivity contribution in [1.82, 2.24) is 4.98 Å². The molecule has 0 radical (unpaired) electrons. The Morgan fingerprint density at radius 1 is 0.894 bits per heavy atom. The molecule has 3 aromatic carbocycles. The number of hydrogen-bond donors (Lipinski definition) is 3. The molecule has 1 fully saturated rings. The van der Waals surface area contributed by atoms with Gasteiger partial charge in [-0.15, -0.1) is 0 Å². The van der Waals surface area contributed by atoms with E-state index in [0.717, 1.165) is 19.3 Å². The Hall–Kier alpha value is -3.64. The molecule has 4 aromatic rings. The third kappa shape index (κ3) is 9.25. The minimum Gasteiger partial charge on any atom is -1.00 e. The number of carboxylic acid groups (broad SMARTS) is 1. The number of unbranched alkanes of at least 4 members (excludes halogenated alkanes) is 3. The molecule has 10 nitrogen and oxygen atoms in total. The summed E-state index contributed by atoms with van der Waals surface area (Å²) in [5, 5.41) is 15.1. The second kappa shape index (κ2) is 16.5. The number of anilines is 2. The normalized spacial score (nSPS) is 12.8. The molecule has 0 atom stereocenters. The molecule has 0 spiro atoms. The second-order valence-corrected chi connectivity index (χ2v) is 11.4. The SMILES string of the molecule is COc1cc2c(Oc3ccc(NC(=O)C4(C(=O)Nc5ccc(F)cc5)CC4)cc3Cl)ccnc2cc1OCCCCCCC(=O)O.[Ca+2].[H-].[H-]. The number of aromatic nitrogens is 1. The first-order valence-electron chi connectivity index (χ1n) is 14.9. The van der Waals surface area contributed by atoms with Gasteiger partial charge in [-0.2, -0.15) is 0 Å². The van der Waals surface area contributed by atoms with Gasteiger partial charge in [0.1, 0.15) is 22.7 Å². The molecule has 1 saturated carbocycles. The van der Waals surface area contributed by atoms with Crippen molar-refractivity contribution in [2.45, 2.75) is 44.9 Å². The fourth-order valence-corrected chi connectivity index (χ4v) is 5.12. The summed E-state index contributed by atoms with van der Waals surface area (Å²) in [4.78, 5) is 41.1. The van der Waals surface area contributed by atoms with Gasteiger partial charge in [0.25, 0.3) is 0 Å². The number of carboxylic acids is 1. The molecule has 1 aliphatic carbocycles. The Kier molecular flexibility index (Phi) is 12.7. The van der Waals surface area contributed by atoms with Gasteiger partial charge >= 0.3 is 43.7 Å². The number of ether oxygens (including phenoxy) is 3. The molecule has 1 aliphatic rings.